The molecule has 3 nitrogen and oxygen atoms in total. The largest absolute Gasteiger partial charge is 0.314 e. The van der Waals surface area contributed by atoms with Crippen molar-refractivity contribution >= 4 is 0 Å². The standard InChI is InChI=1S/C10H18N2O/c1-4-9-6-11(3)10(9)7-12(13)5-8(10)2/h4,8-9,13H,1,5-7H2,2-3H3. The summed E-state index contributed by atoms with van der Waals surface area (Å²) >= 11 is 0. The van der Waals surface area contributed by atoms with Crippen molar-refractivity contribution in [2.45, 2.75) is 12.5 Å². The quantitative estimate of drug-likeness (QED) is 0.608. The third-order valence-corrected chi connectivity index (χ3v) is 3.88. The van der Waals surface area contributed by atoms with Gasteiger partial charge in [-0.3, -0.25) is 4.90 Å². The van der Waals surface area contributed by atoms with E-state index in [1.54, 1.807) is 0 Å². The van der Waals surface area contributed by atoms with Gasteiger partial charge >= 0.3 is 0 Å². The summed E-state index contributed by atoms with van der Waals surface area (Å²) in [7, 11) is 2.13. The molecule has 0 aliphatic carbocycles. The van der Waals surface area contributed by atoms with Gasteiger partial charge in [0.1, 0.15) is 0 Å². The van der Waals surface area contributed by atoms with Crippen molar-refractivity contribution < 1.29 is 5.21 Å². The Hall–Kier alpha value is -0.380. The van der Waals surface area contributed by atoms with Crippen LogP contribution < -0.4 is 0 Å². The molecule has 3 atom stereocenters. The van der Waals surface area contributed by atoms with Crippen molar-refractivity contribution in [3.63, 3.8) is 0 Å². The molecule has 1 N–H and O–H groups in total. The second-order valence-electron chi connectivity index (χ2n) is 4.46. The maximum absolute atomic E-state index is 9.50. The van der Waals surface area contributed by atoms with Crippen LogP contribution in [-0.2, 0) is 0 Å². The SMILES string of the molecule is C=CC1CN(C)C12CN(O)CC2C. The summed E-state index contributed by atoms with van der Waals surface area (Å²) in [6, 6.07) is 0. The van der Waals surface area contributed by atoms with Crippen LogP contribution in [0.25, 0.3) is 0 Å². The number of nitrogens with zero attached hydrogens (tertiary/aromatic N) is 2. The topological polar surface area (TPSA) is 26.7 Å². The summed E-state index contributed by atoms with van der Waals surface area (Å²) < 4.78 is 0. The predicted octanol–water partition coefficient (Wildman–Crippen LogP) is 0.814. The Balaban J connectivity index is 2.22. The Labute approximate surface area is 79.6 Å². The summed E-state index contributed by atoms with van der Waals surface area (Å²) in [6.45, 7) is 8.72. The number of likely N-dealkylation sites (N-methyl/N-ethyl adjacent to an activating group) is 1. The van der Waals surface area contributed by atoms with Crippen molar-refractivity contribution in [3.8, 4) is 0 Å². The van der Waals surface area contributed by atoms with Crippen molar-refractivity contribution in [1.29, 1.82) is 0 Å². The molecule has 2 rings (SSSR count). The van der Waals surface area contributed by atoms with Gasteiger partial charge in [0.05, 0.1) is 0 Å². The first-order valence-electron chi connectivity index (χ1n) is 4.89. The molecule has 74 valence electrons. The number of hydrogen-bond acceptors (Lipinski definition) is 3. The summed E-state index contributed by atoms with van der Waals surface area (Å²) in [5, 5.41) is 10.9. The van der Waals surface area contributed by atoms with E-state index in [0.29, 0.717) is 11.8 Å². The Morgan fingerprint density at radius 2 is 2.23 bits per heavy atom. The molecule has 2 fully saturated rings. The molecule has 2 saturated heterocycles. The van der Waals surface area contributed by atoms with Gasteiger partial charge in [-0.2, -0.15) is 5.06 Å². The van der Waals surface area contributed by atoms with Crippen LogP contribution >= 0.6 is 0 Å². The summed E-state index contributed by atoms with van der Waals surface area (Å²) in [5.41, 5.74) is 0.163. The van der Waals surface area contributed by atoms with Gasteiger partial charge in [0, 0.05) is 31.1 Å². The average Bonchev–Trinajstić information content (AvgIpc) is 2.39. The highest BCUT2D eigenvalue weighted by atomic mass is 16.5. The fourth-order valence-electron chi connectivity index (χ4n) is 3.04. The van der Waals surface area contributed by atoms with Gasteiger partial charge in [-0.1, -0.05) is 13.0 Å². The molecule has 0 amide bonds. The van der Waals surface area contributed by atoms with Crippen molar-refractivity contribution in [2.75, 3.05) is 26.7 Å². The van der Waals surface area contributed by atoms with Crippen LogP contribution in [0, 0.1) is 11.8 Å². The number of likely N-dealkylation sites (tertiary alicyclic amines) is 1. The molecule has 0 aromatic carbocycles. The minimum Gasteiger partial charge on any atom is -0.314 e. The molecule has 3 heteroatoms. The number of hydroxylamine groups is 2. The molecule has 0 aromatic heterocycles. The molecule has 13 heavy (non-hydrogen) atoms. The van der Waals surface area contributed by atoms with Crippen molar-refractivity contribution in [2.24, 2.45) is 11.8 Å². The van der Waals surface area contributed by atoms with Crippen LogP contribution in [0.5, 0.6) is 0 Å². The molecule has 2 aliphatic rings. The molecule has 0 saturated carbocycles. The van der Waals surface area contributed by atoms with Crippen molar-refractivity contribution in [1.82, 2.24) is 9.96 Å². The van der Waals surface area contributed by atoms with E-state index in [-0.39, 0.29) is 5.54 Å². The van der Waals surface area contributed by atoms with E-state index in [1.807, 2.05) is 6.08 Å². The third-order valence-electron chi connectivity index (χ3n) is 3.88. The van der Waals surface area contributed by atoms with Crippen LogP contribution in [-0.4, -0.2) is 47.4 Å². The van der Waals surface area contributed by atoms with Gasteiger partial charge in [-0.15, -0.1) is 6.58 Å². The zero-order valence-electron chi connectivity index (χ0n) is 8.40. The fraction of sp³-hybridized carbons (Fsp3) is 0.800. The predicted molar refractivity (Wildman–Crippen MR) is 51.6 cm³/mol. The van der Waals surface area contributed by atoms with Gasteiger partial charge in [-0.05, 0) is 13.0 Å². The lowest BCUT2D eigenvalue weighted by Gasteiger charge is -2.56. The fourth-order valence-corrected chi connectivity index (χ4v) is 3.04. The third kappa shape index (κ3) is 1.01. The highest BCUT2D eigenvalue weighted by molar-refractivity contribution is 5.17. The first kappa shape index (κ1) is 9.19. The molecule has 2 heterocycles. The van der Waals surface area contributed by atoms with Gasteiger partial charge in [0.2, 0.25) is 0 Å². The molecular formula is C10H18N2O. The Kier molecular flexibility index (Phi) is 1.98. The van der Waals surface area contributed by atoms with E-state index in [2.05, 4.69) is 25.5 Å². The Morgan fingerprint density at radius 1 is 1.54 bits per heavy atom. The zero-order chi connectivity index (χ0) is 9.64. The first-order chi connectivity index (χ1) is 6.11. The van der Waals surface area contributed by atoms with E-state index in [1.165, 1.54) is 5.06 Å². The van der Waals surface area contributed by atoms with E-state index >= 15 is 0 Å². The summed E-state index contributed by atoms with van der Waals surface area (Å²) in [5.74, 6) is 1.07. The molecule has 2 aliphatic heterocycles. The maximum Gasteiger partial charge on any atom is 0.0469 e. The lowest BCUT2D eigenvalue weighted by molar-refractivity contribution is -0.107. The van der Waals surface area contributed by atoms with Gasteiger partial charge < -0.3 is 5.21 Å². The molecule has 0 aromatic rings. The second kappa shape index (κ2) is 2.80. The lowest BCUT2D eigenvalue weighted by Crippen LogP contribution is -2.68. The van der Waals surface area contributed by atoms with E-state index in [4.69, 9.17) is 0 Å². The van der Waals surface area contributed by atoms with Crippen LogP contribution in [0.15, 0.2) is 12.7 Å². The van der Waals surface area contributed by atoms with Gasteiger partial charge in [0.15, 0.2) is 0 Å². The second-order valence-corrected chi connectivity index (χ2v) is 4.46. The minimum absolute atomic E-state index is 0.163. The average molecular weight is 182 g/mol. The van der Waals surface area contributed by atoms with Gasteiger partial charge in [-0.25, -0.2) is 0 Å². The first-order valence-corrected chi connectivity index (χ1v) is 4.89. The molecular weight excluding hydrogens is 164 g/mol. The van der Waals surface area contributed by atoms with Gasteiger partial charge in [0.25, 0.3) is 0 Å². The monoisotopic (exact) mass is 182 g/mol. The highest BCUT2D eigenvalue weighted by Gasteiger charge is 2.57. The Bertz CT molecular complexity index is 231. The molecule has 1 spiro atoms. The highest BCUT2D eigenvalue weighted by Crippen LogP contribution is 2.45. The van der Waals surface area contributed by atoms with Crippen LogP contribution in [0.2, 0.25) is 0 Å². The summed E-state index contributed by atoms with van der Waals surface area (Å²) in [6.07, 6.45) is 2.04. The minimum atomic E-state index is 0.163. The van der Waals surface area contributed by atoms with Crippen LogP contribution in [0.4, 0.5) is 0 Å². The molecule has 0 bridgehead atoms. The van der Waals surface area contributed by atoms with Crippen LogP contribution in [0.3, 0.4) is 0 Å². The number of hydrogen-bond donors (Lipinski definition) is 1. The Morgan fingerprint density at radius 3 is 2.62 bits per heavy atom. The molecule has 3 unspecified atom stereocenters. The van der Waals surface area contributed by atoms with E-state index in [9.17, 15) is 5.21 Å². The van der Waals surface area contributed by atoms with E-state index in [0.717, 1.165) is 19.6 Å². The molecule has 0 radical (unpaired) electrons. The van der Waals surface area contributed by atoms with Crippen molar-refractivity contribution in [3.05, 3.63) is 12.7 Å². The summed E-state index contributed by atoms with van der Waals surface area (Å²) in [4.78, 5) is 2.35. The normalized spacial score (nSPS) is 46.7. The van der Waals surface area contributed by atoms with E-state index < -0.39 is 0 Å². The maximum atomic E-state index is 9.50. The zero-order valence-corrected chi connectivity index (χ0v) is 8.40. The van der Waals surface area contributed by atoms with Crippen LogP contribution in [0.1, 0.15) is 6.92 Å². The number of rotatable bonds is 1. The smallest absolute Gasteiger partial charge is 0.0469 e. The lowest BCUT2D eigenvalue weighted by atomic mass is 9.69.